The summed E-state index contributed by atoms with van der Waals surface area (Å²) in [5.74, 6) is -0.233. The molecule has 0 aliphatic heterocycles. The number of nitrogens with one attached hydrogen (secondary N) is 3. The van der Waals surface area contributed by atoms with Crippen molar-refractivity contribution in [3.05, 3.63) is 53.3 Å². The molecule has 1 heterocycles. The summed E-state index contributed by atoms with van der Waals surface area (Å²) in [4.78, 5) is 15.1. The summed E-state index contributed by atoms with van der Waals surface area (Å²) in [7, 11) is 1.77. The highest BCUT2D eigenvalue weighted by Gasteiger charge is 2.39. The maximum absolute atomic E-state index is 13.0. The molecular formula is C21H26F6N4OS2. The van der Waals surface area contributed by atoms with Crippen LogP contribution >= 0.6 is 27.0 Å². The monoisotopic (exact) mass is 528 g/mol. The molecule has 1 aromatic heterocycles. The molecule has 1 saturated carbocycles. The van der Waals surface area contributed by atoms with Crippen LogP contribution in [-0.2, 0) is 12.4 Å². The molecule has 0 bridgehead atoms. The normalized spacial score (nSPS) is 18.2. The lowest BCUT2D eigenvalue weighted by Gasteiger charge is -2.30. The molecule has 0 unspecified atom stereocenters. The molecule has 1 aliphatic rings. The highest BCUT2D eigenvalue weighted by atomic mass is 32.1. The quantitative estimate of drug-likeness (QED) is 0.446. The Balaban J connectivity index is 0.00000289. The van der Waals surface area contributed by atoms with Gasteiger partial charge in [-0.25, -0.2) is 4.98 Å². The minimum Gasteiger partial charge on any atom is -0.388 e. The fourth-order valence-electron chi connectivity index (χ4n) is 3.58. The fraction of sp³-hybridized carbons (Fsp3) is 0.429. The Morgan fingerprint density at radius 3 is 1.74 bits per heavy atom. The SMILES string of the molecule is CNc1ccc(C(=O)NC2CCC(Nc3cc(C(F)(F)F)nc(C(F)(F)F)c3)CC2)cc1.S.S. The van der Waals surface area contributed by atoms with Gasteiger partial charge in [0.15, 0.2) is 0 Å². The molecule has 0 atom stereocenters. The number of nitrogens with zero attached hydrogens (tertiary/aromatic N) is 1. The van der Waals surface area contributed by atoms with Gasteiger partial charge in [-0.15, -0.1) is 0 Å². The van der Waals surface area contributed by atoms with Gasteiger partial charge in [-0.3, -0.25) is 4.79 Å². The molecule has 1 fully saturated rings. The van der Waals surface area contributed by atoms with Crippen LogP contribution in [0.5, 0.6) is 0 Å². The zero-order valence-corrected chi connectivity index (χ0v) is 20.1. The molecule has 1 aromatic carbocycles. The van der Waals surface area contributed by atoms with E-state index < -0.39 is 23.7 Å². The number of benzene rings is 1. The van der Waals surface area contributed by atoms with Gasteiger partial charge in [0.25, 0.3) is 5.91 Å². The van der Waals surface area contributed by atoms with Gasteiger partial charge in [-0.1, -0.05) is 0 Å². The number of hydrogen-bond donors (Lipinski definition) is 3. The van der Waals surface area contributed by atoms with E-state index in [0.29, 0.717) is 43.4 Å². The van der Waals surface area contributed by atoms with Crippen molar-refractivity contribution in [1.29, 1.82) is 0 Å². The van der Waals surface area contributed by atoms with Gasteiger partial charge in [-0.2, -0.15) is 53.3 Å². The van der Waals surface area contributed by atoms with Gasteiger partial charge in [0.2, 0.25) is 0 Å². The van der Waals surface area contributed by atoms with E-state index in [-0.39, 0.29) is 50.7 Å². The largest absolute Gasteiger partial charge is 0.433 e. The first-order valence-corrected chi connectivity index (χ1v) is 9.97. The average molecular weight is 529 g/mol. The number of halogens is 6. The maximum Gasteiger partial charge on any atom is 0.433 e. The predicted molar refractivity (Wildman–Crippen MR) is 128 cm³/mol. The first-order valence-electron chi connectivity index (χ1n) is 9.97. The lowest BCUT2D eigenvalue weighted by molar-refractivity contribution is -0.150. The van der Waals surface area contributed by atoms with E-state index in [4.69, 9.17) is 0 Å². The number of amides is 1. The van der Waals surface area contributed by atoms with Crippen LogP contribution in [0.1, 0.15) is 47.4 Å². The topological polar surface area (TPSA) is 66.1 Å². The van der Waals surface area contributed by atoms with Gasteiger partial charge in [-0.05, 0) is 62.1 Å². The number of anilines is 2. The summed E-state index contributed by atoms with van der Waals surface area (Å²) in [6, 6.07) is 7.64. The molecule has 3 rings (SSSR count). The van der Waals surface area contributed by atoms with Gasteiger partial charge in [0, 0.05) is 36.1 Å². The fourth-order valence-corrected chi connectivity index (χ4v) is 3.58. The van der Waals surface area contributed by atoms with Crippen molar-refractivity contribution in [3.63, 3.8) is 0 Å². The van der Waals surface area contributed by atoms with Crippen molar-refractivity contribution in [2.75, 3.05) is 17.7 Å². The van der Waals surface area contributed by atoms with E-state index >= 15 is 0 Å². The highest BCUT2D eigenvalue weighted by molar-refractivity contribution is 7.59. The molecule has 13 heteroatoms. The van der Waals surface area contributed by atoms with Crippen LogP contribution in [0.2, 0.25) is 0 Å². The van der Waals surface area contributed by atoms with Crippen LogP contribution in [0.4, 0.5) is 37.7 Å². The summed E-state index contributed by atoms with van der Waals surface area (Å²) in [6.45, 7) is 0. The maximum atomic E-state index is 13.0. The minimum atomic E-state index is -5.00. The smallest absolute Gasteiger partial charge is 0.388 e. The third kappa shape index (κ3) is 7.90. The standard InChI is InChI=1S/C21H22F6N4O.2H2S/c1-28-13-4-2-12(3-5-13)19(32)30-15-8-6-14(7-9-15)29-16-10-17(20(22,23)24)31-18(11-16)21(25,26)27;;/h2-5,10-11,14-15,28H,6-9H2,1H3,(H,29,31)(H,30,32);2*1H2. The number of aromatic nitrogens is 1. The summed E-state index contributed by atoms with van der Waals surface area (Å²) in [6.07, 6.45) is -7.94. The minimum absolute atomic E-state index is 0. The van der Waals surface area contributed by atoms with E-state index in [2.05, 4.69) is 20.9 Å². The van der Waals surface area contributed by atoms with Gasteiger partial charge in [0.1, 0.15) is 11.4 Å². The molecule has 3 N–H and O–H groups in total. The van der Waals surface area contributed by atoms with Crippen LogP contribution in [0.3, 0.4) is 0 Å². The van der Waals surface area contributed by atoms with Crippen LogP contribution < -0.4 is 16.0 Å². The summed E-state index contributed by atoms with van der Waals surface area (Å²) in [5.41, 5.74) is -2.11. The van der Waals surface area contributed by atoms with Gasteiger partial charge < -0.3 is 16.0 Å². The lowest BCUT2D eigenvalue weighted by Crippen LogP contribution is -2.40. The molecule has 1 amide bonds. The predicted octanol–water partition coefficient (Wildman–Crippen LogP) is 5.54. The number of carbonyl (C=O) groups is 1. The number of hydrogen-bond acceptors (Lipinski definition) is 4. The lowest BCUT2D eigenvalue weighted by atomic mass is 9.90. The van der Waals surface area contributed by atoms with Crippen molar-refractivity contribution in [2.45, 2.75) is 50.1 Å². The molecule has 1 aliphatic carbocycles. The van der Waals surface area contributed by atoms with Crippen LogP contribution in [-0.4, -0.2) is 30.0 Å². The van der Waals surface area contributed by atoms with E-state index in [0.717, 1.165) is 5.69 Å². The number of alkyl halides is 6. The number of carbonyl (C=O) groups excluding carboxylic acids is 1. The second kappa shape index (κ2) is 11.9. The molecule has 2 aromatic rings. The first-order chi connectivity index (χ1) is 15.0. The summed E-state index contributed by atoms with van der Waals surface area (Å²) < 4.78 is 77.8. The number of rotatable bonds is 5. The Morgan fingerprint density at radius 1 is 0.824 bits per heavy atom. The number of pyridine rings is 1. The Bertz CT molecular complexity index is 914. The average Bonchev–Trinajstić information content (AvgIpc) is 2.73. The van der Waals surface area contributed by atoms with E-state index in [1.54, 1.807) is 31.3 Å². The van der Waals surface area contributed by atoms with Crippen molar-refractivity contribution < 1.29 is 31.1 Å². The van der Waals surface area contributed by atoms with Gasteiger partial charge >= 0.3 is 12.4 Å². The van der Waals surface area contributed by atoms with Crippen molar-refractivity contribution in [1.82, 2.24) is 10.3 Å². The zero-order chi connectivity index (χ0) is 23.5. The van der Waals surface area contributed by atoms with E-state index in [9.17, 15) is 31.1 Å². The third-order valence-corrected chi connectivity index (χ3v) is 5.28. The summed E-state index contributed by atoms with van der Waals surface area (Å²) >= 11 is 0. The second-order valence-electron chi connectivity index (χ2n) is 7.62. The van der Waals surface area contributed by atoms with Crippen LogP contribution in [0.15, 0.2) is 36.4 Å². The Labute approximate surface area is 207 Å². The van der Waals surface area contributed by atoms with Crippen molar-refractivity contribution in [2.24, 2.45) is 0 Å². The van der Waals surface area contributed by atoms with Crippen LogP contribution in [0, 0.1) is 0 Å². The molecule has 0 spiro atoms. The van der Waals surface area contributed by atoms with E-state index in [1.165, 1.54) is 0 Å². The molecule has 0 radical (unpaired) electrons. The Kier molecular flexibility index (Phi) is 10.4. The van der Waals surface area contributed by atoms with Crippen LogP contribution in [0.25, 0.3) is 0 Å². The summed E-state index contributed by atoms with van der Waals surface area (Å²) in [5, 5.41) is 8.64. The Hall–Kier alpha value is -2.28. The van der Waals surface area contributed by atoms with Crippen molar-refractivity contribution >= 4 is 44.3 Å². The molecule has 190 valence electrons. The van der Waals surface area contributed by atoms with E-state index in [1.807, 2.05) is 0 Å². The Morgan fingerprint density at radius 2 is 1.29 bits per heavy atom. The zero-order valence-electron chi connectivity index (χ0n) is 18.1. The molecule has 5 nitrogen and oxygen atoms in total. The van der Waals surface area contributed by atoms with Gasteiger partial charge in [0.05, 0.1) is 0 Å². The molecule has 34 heavy (non-hydrogen) atoms. The first kappa shape index (κ1) is 29.8. The highest BCUT2D eigenvalue weighted by Crippen LogP contribution is 2.35. The molecule has 0 saturated heterocycles. The third-order valence-electron chi connectivity index (χ3n) is 5.28. The molecular weight excluding hydrogens is 502 g/mol. The van der Waals surface area contributed by atoms with Crippen molar-refractivity contribution in [3.8, 4) is 0 Å². The second-order valence-corrected chi connectivity index (χ2v) is 7.62.